The van der Waals surface area contributed by atoms with Crippen LogP contribution in [-0.4, -0.2) is 41.1 Å². The number of carbonyl (C=O) groups is 2. The molecule has 0 heterocycles. The van der Waals surface area contributed by atoms with Crippen LogP contribution in [0.5, 0.6) is 0 Å². The number of hydrogen-bond donors (Lipinski definition) is 2. The molecular weight excluding hydrogens is 268 g/mol. The van der Waals surface area contributed by atoms with Crippen LogP contribution in [0.3, 0.4) is 0 Å². The molecule has 0 aromatic heterocycles. The lowest BCUT2D eigenvalue weighted by Crippen LogP contribution is -2.46. The molecule has 1 atom stereocenters. The van der Waals surface area contributed by atoms with E-state index in [1.54, 1.807) is 11.8 Å². The predicted molar refractivity (Wildman–Crippen MR) is 83.2 cm³/mol. The van der Waals surface area contributed by atoms with Gasteiger partial charge < -0.3 is 15.3 Å². The van der Waals surface area contributed by atoms with Gasteiger partial charge in [0, 0.05) is 19.1 Å². The highest BCUT2D eigenvalue weighted by Gasteiger charge is 2.21. The Hall–Kier alpha value is -1.26. The zero-order valence-corrected chi connectivity index (χ0v) is 13.6. The van der Waals surface area contributed by atoms with Gasteiger partial charge in [-0.05, 0) is 32.1 Å². The van der Waals surface area contributed by atoms with E-state index >= 15 is 0 Å². The first-order valence-electron chi connectivity index (χ1n) is 8.20. The Kier molecular flexibility index (Phi) is 7.54. The Balaban J connectivity index is 2.29. The Bertz CT molecular complexity index is 338. The summed E-state index contributed by atoms with van der Waals surface area (Å²) >= 11 is 0. The lowest BCUT2D eigenvalue weighted by molar-refractivity contribution is -0.138. The van der Waals surface area contributed by atoms with Crippen LogP contribution in [0.2, 0.25) is 0 Å². The Labute approximate surface area is 128 Å². The summed E-state index contributed by atoms with van der Waals surface area (Å²) < 4.78 is 0. The third-order valence-corrected chi connectivity index (χ3v) is 4.57. The normalized spacial score (nSPS) is 23.4. The van der Waals surface area contributed by atoms with Crippen molar-refractivity contribution in [3.05, 3.63) is 0 Å². The van der Waals surface area contributed by atoms with E-state index in [0.29, 0.717) is 13.1 Å². The summed E-state index contributed by atoms with van der Waals surface area (Å²) in [6.45, 7) is 7.18. The minimum atomic E-state index is -0.870. The average Bonchev–Trinajstić information content (AvgIpc) is 2.41. The number of aliphatic carboxylic acids is 1. The second kappa shape index (κ2) is 8.90. The van der Waals surface area contributed by atoms with Gasteiger partial charge in [-0.15, -0.1) is 0 Å². The summed E-state index contributed by atoms with van der Waals surface area (Å²) in [7, 11) is 0. The summed E-state index contributed by atoms with van der Waals surface area (Å²) in [5, 5.41) is 11.8. The number of nitrogens with zero attached hydrogens (tertiary/aromatic N) is 1. The van der Waals surface area contributed by atoms with Crippen LogP contribution in [0.4, 0.5) is 4.79 Å². The molecule has 0 saturated heterocycles. The molecule has 5 nitrogen and oxygen atoms in total. The van der Waals surface area contributed by atoms with E-state index < -0.39 is 5.97 Å². The Morgan fingerprint density at radius 2 is 1.90 bits per heavy atom. The van der Waals surface area contributed by atoms with Gasteiger partial charge in [-0.2, -0.15) is 0 Å². The minimum Gasteiger partial charge on any atom is -0.481 e. The van der Waals surface area contributed by atoms with Crippen LogP contribution < -0.4 is 5.32 Å². The number of hydrogen-bond acceptors (Lipinski definition) is 2. The molecule has 1 aliphatic carbocycles. The van der Waals surface area contributed by atoms with E-state index in [0.717, 1.165) is 18.3 Å². The van der Waals surface area contributed by atoms with Crippen LogP contribution in [-0.2, 0) is 4.79 Å². The number of amides is 2. The van der Waals surface area contributed by atoms with Crippen molar-refractivity contribution >= 4 is 12.0 Å². The van der Waals surface area contributed by atoms with Crippen molar-refractivity contribution in [3.63, 3.8) is 0 Å². The van der Waals surface area contributed by atoms with Gasteiger partial charge in [0.05, 0.1) is 6.42 Å². The smallest absolute Gasteiger partial charge is 0.317 e. The number of urea groups is 1. The second-order valence-corrected chi connectivity index (χ2v) is 6.38. The predicted octanol–water partition coefficient (Wildman–Crippen LogP) is 3.10. The summed E-state index contributed by atoms with van der Waals surface area (Å²) in [4.78, 5) is 24.4. The fourth-order valence-corrected chi connectivity index (χ4v) is 3.12. The first kappa shape index (κ1) is 17.8. The molecule has 122 valence electrons. The quantitative estimate of drug-likeness (QED) is 0.759. The van der Waals surface area contributed by atoms with E-state index in [9.17, 15) is 9.59 Å². The number of nitrogens with one attached hydrogen (secondary N) is 1. The van der Waals surface area contributed by atoms with Gasteiger partial charge in [0.1, 0.15) is 0 Å². The number of carbonyl (C=O) groups excluding carboxylic acids is 1. The average molecular weight is 298 g/mol. The van der Waals surface area contributed by atoms with Crippen molar-refractivity contribution in [1.29, 1.82) is 0 Å². The fraction of sp³-hybridized carbons (Fsp3) is 0.875. The lowest BCUT2D eigenvalue weighted by Gasteiger charge is -2.29. The van der Waals surface area contributed by atoms with E-state index in [4.69, 9.17) is 5.11 Å². The van der Waals surface area contributed by atoms with Crippen molar-refractivity contribution in [3.8, 4) is 0 Å². The van der Waals surface area contributed by atoms with Crippen LogP contribution in [0.25, 0.3) is 0 Å². The molecule has 1 aliphatic rings. The molecule has 0 aromatic rings. The fourth-order valence-electron chi connectivity index (χ4n) is 3.12. The molecule has 0 aromatic carbocycles. The third-order valence-electron chi connectivity index (χ3n) is 4.57. The molecule has 0 radical (unpaired) electrons. The summed E-state index contributed by atoms with van der Waals surface area (Å²) in [6.07, 6.45) is 6.16. The first-order valence-corrected chi connectivity index (χ1v) is 8.20. The molecule has 1 saturated carbocycles. The van der Waals surface area contributed by atoms with Crippen LogP contribution in [0, 0.1) is 11.8 Å². The Morgan fingerprint density at radius 3 is 2.43 bits per heavy atom. The van der Waals surface area contributed by atoms with Gasteiger partial charge in [0.15, 0.2) is 0 Å². The highest BCUT2D eigenvalue weighted by molar-refractivity contribution is 5.75. The molecule has 2 amide bonds. The third kappa shape index (κ3) is 6.36. The summed E-state index contributed by atoms with van der Waals surface area (Å²) in [5.74, 6) is 0.710. The maximum atomic E-state index is 12.1. The lowest BCUT2D eigenvalue weighted by atomic mass is 9.81. The summed E-state index contributed by atoms with van der Waals surface area (Å²) in [6, 6.07) is -0.418. The van der Waals surface area contributed by atoms with Crippen molar-refractivity contribution in [1.82, 2.24) is 10.2 Å². The standard InChI is InChI=1S/C16H30N2O3/c1-4-18(13(3)11-15(19)20)16(21)17-10-9-14-7-5-12(2)6-8-14/h12-14H,4-11H2,1-3H3,(H,17,21)(H,19,20). The van der Waals surface area contributed by atoms with Gasteiger partial charge in [-0.3, -0.25) is 4.79 Å². The van der Waals surface area contributed by atoms with E-state index in [1.165, 1.54) is 25.7 Å². The Morgan fingerprint density at radius 1 is 1.29 bits per heavy atom. The first-order chi connectivity index (χ1) is 9.93. The number of carboxylic acid groups (broad SMARTS) is 1. The van der Waals surface area contributed by atoms with Gasteiger partial charge >= 0.3 is 12.0 Å². The van der Waals surface area contributed by atoms with Crippen molar-refractivity contribution in [2.75, 3.05) is 13.1 Å². The van der Waals surface area contributed by atoms with Crippen molar-refractivity contribution in [2.45, 2.75) is 65.3 Å². The molecule has 0 spiro atoms. The van der Waals surface area contributed by atoms with Gasteiger partial charge in [0.2, 0.25) is 0 Å². The van der Waals surface area contributed by atoms with Gasteiger partial charge in [-0.1, -0.05) is 32.6 Å². The van der Waals surface area contributed by atoms with Crippen LogP contribution >= 0.6 is 0 Å². The highest BCUT2D eigenvalue weighted by Crippen LogP contribution is 2.29. The van der Waals surface area contributed by atoms with Crippen LogP contribution in [0.1, 0.15) is 59.3 Å². The van der Waals surface area contributed by atoms with Crippen molar-refractivity contribution in [2.24, 2.45) is 11.8 Å². The maximum absolute atomic E-state index is 12.1. The van der Waals surface area contributed by atoms with E-state index in [1.807, 2.05) is 6.92 Å². The van der Waals surface area contributed by atoms with Gasteiger partial charge in [-0.25, -0.2) is 4.79 Å². The molecule has 0 bridgehead atoms. The highest BCUT2D eigenvalue weighted by atomic mass is 16.4. The molecule has 1 fully saturated rings. The maximum Gasteiger partial charge on any atom is 0.317 e. The molecule has 5 heteroatoms. The summed E-state index contributed by atoms with van der Waals surface area (Å²) in [5.41, 5.74) is 0. The zero-order valence-electron chi connectivity index (χ0n) is 13.6. The van der Waals surface area contributed by atoms with Crippen LogP contribution in [0.15, 0.2) is 0 Å². The monoisotopic (exact) mass is 298 g/mol. The molecule has 1 rings (SSSR count). The SMILES string of the molecule is CCN(C(=O)NCCC1CCC(C)CC1)C(C)CC(=O)O. The topological polar surface area (TPSA) is 69.6 Å². The largest absolute Gasteiger partial charge is 0.481 e. The van der Waals surface area contributed by atoms with E-state index in [2.05, 4.69) is 12.2 Å². The molecule has 21 heavy (non-hydrogen) atoms. The van der Waals surface area contributed by atoms with Crippen molar-refractivity contribution < 1.29 is 14.7 Å². The molecule has 1 unspecified atom stereocenters. The molecule has 0 aliphatic heterocycles. The second-order valence-electron chi connectivity index (χ2n) is 6.38. The number of rotatable bonds is 7. The number of carboxylic acids is 1. The molecular formula is C16H30N2O3. The zero-order chi connectivity index (χ0) is 15.8. The van der Waals surface area contributed by atoms with Gasteiger partial charge in [0.25, 0.3) is 0 Å². The molecule has 2 N–H and O–H groups in total. The minimum absolute atomic E-state index is 0.0121. The van der Waals surface area contributed by atoms with E-state index in [-0.39, 0.29) is 18.5 Å².